The van der Waals surface area contributed by atoms with Gasteiger partial charge in [0.25, 0.3) is 5.91 Å². The van der Waals surface area contributed by atoms with Gasteiger partial charge in [0, 0.05) is 37.3 Å². The number of hydrogen-bond acceptors (Lipinski definition) is 3. The van der Waals surface area contributed by atoms with Gasteiger partial charge >= 0.3 is 0 Å². The first-order chi connectivity index (χ1) is 10.5. The van der Waals surface area contributed by atoms with Gasteiger partial charge in [-0.25, -0.2) is 0 Å². The monoisotopic (exact) mass is 304 g/mol. The lowest BCUT2D eigenvalue weighted by Gasteiger charge is -2.10. The number of hydrogen-bond donors (Lipinski definition) is 2. The Bertz CT molecular complexity index is 634. The highest BCUT2D eigenvalue weighted by atomic mass is 16.5. The van der Waals surface area contributed by atoms with Crippen LogP contribution < -0.4 is 5.32 Å². The van der Waals surface area contributed by atoms with Gasteiger partial charge in [0.2, 0.25) is 0 Å². The number of aromatic nitrogens is 1. The third-order valence-electron chi connectivity index (χ3n) is 3.45. The molecule has 5 heteroatoms. The number of aliphatic hydroxyl groups excluding tert-OH is 1. The molecule has 120 valence electrons. The molecule has 1 heterocycles. The molecule has 0 aliphatic carbocycles. The first-order valence-electron chi connectivity index (χ1n) is 7.56. The van der Waals surface area contributed by atoms with E-state index in [4.69, 9.17) is 4.74 Å². The number of ether oxygens (including phenoxy) is 1. The van der Waals surface area contributed by atoms with Crippen LogP contribution in [-0.4, -0.2) is 41.9 Å². The van der Waals surface area contributed by atoms with E-state index in [2.05, 4.69) is 23.7 Å². The van der Waals surface area contributed by atoms with Crippen LogP contribution in [0.5, 0.6) is 0 Å². The van der Waals surface area contributed by atoms with Gasteiger partial charge in [0.15, 0.2) is 0 Å². The molecule has 0 spiro atoms. The topological polar surface area (TPSA) is 63.5 Å². The zero-order valence-electron chi connectivity index (χ0n) is 13.4. The first-order valence-corrected chi connectivity index (χ1v) is 7.56. The number of carbonyl (C=O) groups is 1. The molecule has 1 unspecified atom stereocenters. The number of rotatable bonds is 7. The molecule has 0 aliphatic rings. The van der Waals surface area contributed by atoms with Crippen molar-refractivity contribution >= 4 is 16.8 Å². The molecule has 0 fully saturated rings. The zero-order chi connectivity index (χ0) is 16.1. The molecule has 0 saturated heterocycles. The Morgan fingerprint density at radius 3 is 2.77 bits per heavy atom. The van der Waals surface area contributed by atoms with E-state index in [1.807, 2.05) is 30.5 Å². The number of benzene rings is 1. The second kappa shape index (κ2) is 7.42. The Morgan fingerprint density at radius 1 is 1.36 bits per heavy atom. The minimum atomic E-state index is -0.696. The predicted octanol–water partition coefficient (Wildman–Crippen LogP) is 2.03. The summed E-state index contributed by atoms with van der Waals surface area (Å²) >= 11 is 0. The maximum Gasteiger partial charge on any atom is 0.253 e. The van der Waals surface area contributed by atoms with E-state index in [0.717, 1.165) is 17.4 Å². The molecule has 5 nitrogen and oxygen atoms in total. The fourth-order valence-electron chi connectivity index (χ4n) is 2.53. The third kappa shape index (κ3) is 3.87. The maximum absolute atomic E-state index is 12.4. The molecule has 2 aromatic rings. The zero-order valence-corrected chi connectivity index (χ0v) is 13.4. The second-order valence-electron chi connectivity index (χ2n) is 5.93. The smallest absolute Gasteiger partial charge is 0.253 e. The van der Waals surface area contributed by atoms with Gasteiger partial charge in [-0.3, -0.25) is 4.79 Å². The molecule has 1 atom stereocenters. The van der Waals surface area contributed by atoms with Crippen molar-refractivity contribution in [3.05, 3.63) is 36.0 Å². The summed E-state index contributed by atoms with van der Waals surface area (Å²) in [4.78, 5) is 12.4. The largest absolute Gasteiger partial charge is 0.389 e. The summed E-state index contributed by atoms with van der Waals surface area (Å²) < 4.78 is 6.97. The molecule has 0 bridgehead atoms. The van der Waals surface area contributed by atoms with Crippen molar-refractivity contribution in [3.63, 3.8) is 0 Å². The first kappa shape index (κ1) is 16.5. The van der Waals surface area contributed by atoms with Gasteiger partial charge in [-0.05, 0) is 12.0 Å². The minimum absolute atomic E-state index is 0.172. The van der Waals surface area contributed by atoms with Crippen molar-refractivity contribution in [2.75, 3.05) is 20.3 Å². The Morgan fingerprint density at radius 2 is 2.09 bits per heavy atom. The molecule has 1 amide bonds. The fourth-order valence-corrected chi connectivity index (χ4v) is 2.53. The summed E-state index contributed by atoms with van der Waals surface area (Å²) in [6.45, 7) is 5.54. The summed E-state index contributed by atoms with van der Waals surface area (Å²) in [5.74, 6) is 0.323. The average molecular weight is 304 g/mol. The molecule has 0 aliphatic heterocycles. The van der Waals surface area contributed by atoms with Crippen molar-refractivity contribution in [2.24, 2.45) is 5.92 Å². The molecule has 0 saturated carbocycles. The Hall–Kier alpha value is -1.85. The number of carbonyl (C=O) groups excluding carboxylic acids is 1. The van der Waals surface area contributed by atoms with Crippen molar-refractivity contribution < 1.29 is 14.6 Å². The normalized spacial score (nSPS) is 12.8. The van der Waals surface area contributed by atoms with E-state index >= 15 is 0 Å². The summed E-state index contributed by atoms with van der Waals surface area (Å²) in [5.41, 5.74) is 1.69. The predicted molar refractivity (Wildman–Crippen MR) is 87.0 cm³/mol. The Labute approximate surface area is 130 Å². The Kier molecular flexibility index (Phi) is 5.57. The molecular formula is C17H24N2O3. The van der Waals surface area contributed by atoms with E-state index in [1.54, 1.807) is 0 Å². The number of nitrogens with one attached hydrogen (secondary N) is 1. The summed E-state index contributed by atoms with van der Waals surface area (Å²) in [5, 5.41) is 13.3. The highest BCUT2D eigenvalue weighted by molar-refractivity contribution is 6.07. The lowest BCUT2D eigenvalue weighted by Crippen LogP contribution is -2.34. The maximum atomic E-state index is 12.4. The van der Waals surface area contributed by atoms with Crippen LogP contribution in [-0.2, 0) is 11.3 Å². The number of amides is 1. The molecule has 1 aromatic heterocycles. The van der Waals surface area contributed by atoms with Crippen LogP contribution in [0.4, 0.5) is 0 Å². The molecule has 22 heavy (non-hydrogen) atoms. The average Bonchev–Trinajstić information content (AvgIpc) is 2.84. The van der Waals surface area contributed by atoms with Crippen LogP contribution in [0.3, 0.4) is 0 Å². The van der Waals surface area contributed by atoms with E-state index in [0.29, 0.717) is 11.5 Å². The van der Waals surface area contributed by atoms with Crippen LogP contribution >= 0.6 is 0 Å². The van der Waals surface area contributed by atoms with Crippen molar-refractivity contribution in [3.8, 4) is 0 Å². The van der Waals surface area contributed by atoms with Crippen LogP contribution in [0, 0.1) is 5.92 Å². The van der Waals surface area contributed by atoms with E-state index in [9.17, 15) is 9.90 Å². The van der Waals surface area contributed by atoms with E-state index in [-0.39, 0.29) is 19.1 Å². The summed E-state index contributed by atoms with van der Waals surface area (Å²) in [6.07, 6.45) is 1.20. The van der Waals surface area contributed by atoms with Gasteiger partial charge in [0.05, 0.1) is 18.3 Å². The van der Waals surface area contributed by atoms with Gasteiger partial charge in [-0.15, -0.1) is 0 Å². The standard InChI is InChI=1S/C17H24N2O3/c1-12(2)9-19-10-15(14-6-4-5-7-16(14)19)17(21)18-8-13(20)11-22-3/h4-7,10,12-13,20H,8-9,11H2,1-3H3,(H,18,21). The van der Waals surface area contributed by atoms with Gasteiger partial charge < -0.3 is 19.7 Å². The highest BCUT2D eigenvalue weighted by Crippen LogP contribution is 2.22. The van der Waals surface area contributed by atoms with E-state index < -0.39 is 6.10 Å². The number of aliphatic hydroxyl groups is 1. The van der Waals surface area contributed by atoms with Crippen LogP contribution in [0.2, 0.25) is 0 Å². The van der Waals surface area contributed by atoms with Crippen LogP contribution in [0.15, 0.2) is 30.5 Å². The molecular weight excluding hydrogens is 280 g/mol. The number of nitrogens with zero attached hydrogens (tertiary/aromatic N) is 1. The highest BCUT2D eigenvalue weighted by Gasteiger charge is 2.16. The molecule has 1 aromatic carbocycles. The SMILES string of the molecule is COCC(O)CNC(=O)c1cn(CC(C)C)c2ccccc12. The Balaban J connectivity index is 2.21. The number of methoxy groups -OCH3 is 1. The second-order valence-corrected chi connectivity index (χ2v) is 5.93. The summed E-state index contributed by atoms with van der Waals surface area (Å²) in [6, 6.07) is 7.88. The number of para-hydroxylation sites is 1. The van der Waals surface area contributed by atoms with Crippen LogP contribution in [0.1, 0.15) is 24.2 Å². The summed E-state index contributed by atoms with van der Waals surface area (Å²) in [7, 11) is 1.52. The fraction of sp³-hybridized carbons (Fsp3) is 0.471. The molecule has 0 radical (unpaired) electrons. The van der Waals surface area contributed by atoms with E-state index in [1.165, 1.54) is 7.11 Å². The lowest BCUT2D eigenvalue weighted by molar-refractivity contribution is 0.0610. The van der Waals surface area contributed by atoms with Crippen molar-refractivity contribution in [1.82, 2.24) is 9.88 Å². The quantitative estimate of drug-likeness (QED) is 0.823. The van der Waals surface area contributed by atoms with Gasteiger partial charge in [-0.1, -0.05) is 32.0 Å². The minimum Gasteiger partial charge on any atom is -0.389 e. The molecule has 2 N–H and O–H groups in total. The molecule has 2 rings (SSSR count). The van der Waals surface area contributed by atoms with Gasteiger partial charge in [-0.2, -0.15) is 0 Å². The van der Waals surface area contributed by atoms with Crippen molar-refractivity contribution in [1.29, 1.82) is 0 Å². The third-order valence-corrected chi connectivity index (χ3v) is 3.45. The van der Waals surface area contributed by atoms with Gasteiger partial charge in [0.1, 0.15) is 0 Å². The van der Waals surface area contributed by atoms with Crippen LogP contribution in [0.25, 0.3) is 10.9 Å². The lowest BCUT2D eigenvalue weighted by atomic mass is 10.1. The van der Waals surface area contributed by atoms with Crippen molar-refractivity contribution in [2.45, 2.75) is 26.5 Å². The number of fused-ring (bicyclic) bond motifs is 1.